The number of anilines is 1. The highest BCUT2D eigenvalue weighted by molar-refractivity contribution is 7.98. The van der Waals surface area contributed by atoms with Crippen LogP contribution in [0.15, 0.2) is 11.5 Å². The molecule has 0 aromatic carbocycles. The number of thiophene rings is 1. The molecule has 0 aliphatic carbocycles. The SMILES string of the molecule is CSc1n[nH]c2c3sc4nc(N5CCOCC5)c5c(c4c3nc[n+]12)CC(C)(C)OC5. The lowest BCUT2D eigenvalue weighted by atomic mass is 9.90. The summed E-state index contributed by atoms with van der Waals surface area (Å²) in [6.07, 6.45) is 4.73. The van der Waals surface area contributed by atoms with Crippen LogP contribution in [0.25, 0.3) is 26.1 Å². The van der Waals surface area contributed by atoms with Gasteiger partial charge in [0.15, 0.2) is 5.52 Å². The van der Waals surface area contributed by atoms with Crippen LogP contribution >= 0.6 is 23.1 Å². The number of ether oxygens (including phenoxy) is 2. The van der Waals surface area contributed by atoms with Crippen molar-refractivity contribution in [3.63, 3.8) is 0 Å². The second-order valence-electron chi connectivity index (χ2n) is 8.35. The number of thioether (sulfide) groups is 1. The van der Waals surface area contributed by atoms with Gasteiger partial charge in [-0.2, -0.15) is 9.50 Å². The van der Waals surface area contributed by atoms with E-state index in [1.807, 2.05) is 17.0 Å². The number of fused-ring (bicyclic) bond motifs is 7. The van der Waals surface area contributed by atoms with E-state index in [9.17, 15) is 0 Å². The molecule has 0 unspecified atom stereocenters. The Bertz CT molecular complexity index is 1290. The van der Waals surface area contributed by atoms with Crippen molar-refractivity contribution >= 4 is 55.0 Å². The fraction of sp³-hybridized carbons (Fsp3) is 0.500. The van der Waals surface area contributed by atoms with E-state index in [1.54, 1.807) is 23.1 Å². The molecule has 156 valence electrons. The molecular weight excluding hydrogens is 420 g/mol. The summed E-state index contributed by atoms with van der Waals surface area (Å²) in [5.74, 6) is 1.04. The van der Waals surface area contributed by atoms with E-state index in [4.69, 9.17) is 19.4 Å². The molecule has 2 aliphatic heterocycles. The molecule has 8 nitrogen and oxygen atoms in total. The zero-order valence-corrected chi connectivity index (χ0v) is 18.8. The quantitative estimate of drug-likeness (QED) is 0.377. The van der Waals surface area contributed by atoms with Crippen molar-refractivity contribution in [1.29, 1.82) is 0 Å². The number of H-pyrrole nitrogens is 1. The third kappa shape index (κ3) is 2.74. The summed E-state index contributed by atoms with van der Waals surface area (Å²) in [6, 6.07) is 0. The van der Waals surface area contributed by atoms with E-state index < -0.39 is 0 Å². The van der Waals surface area contributed by atoms with Crippen LogP contribution in [0.2, 0.25) is 0 Å². The Hall–Kier alpha value is -2.01. The van der Waals surface area contributed by atoms with Crippen LogP contribution in [0.3, 0.4) is 0 Å². The Morgan fingerprint density at radius 3 is 2.90 bits per heavy atom. The Morgan fingerprint density at radius 2 is 2.10 bits per heavy atom. The zero-order valence-electron chi connectivity index (χ0n) is 17.2. The highest BCUT2D eigenvalue weighted by Gasteiger charge is 2.34. The monoisotopic (exact) mass is 443 g/mol. The third-order valence-electron chi connectivity index (χ3n) is 5.93. The van der Waals surface area contributed by atoms with Crippen LogP contribution in [-0.2, 0) is 22.5 Å². The van der Waals surface area contributed by atoms with Gasteiger partial charge in [0.2, 0.25) is 6.33 Å². The van der Waals surface area contributed by atoms with Crippen LogP contribution in [0, 0.1) is 0 Å². The maximum atomic E-state index is 6.21. The predicted molar refractivity (Wildman–Crippen MR) is 118 cm³/mol. The minimum Gasteiger partial charge on any atom is -0.378 e. The van der Waals surface area contributed by atoms with Gasteiger partial charge < -0.3 is 14.4 Å². The zero-order chi connectivity index (χ0) is 20.5. The molecule has 0 atom stereocenters. The minimum atomic E-state index is -0.212. The molecule has 1 fully saturated rings. The van der Waals surface area contributed by atoms with Gasteiger partial charge in [-0.1, -0.05) is 11.8 Å². The largest absolute Gasteiger partial charge is 0.378 e. The molecule has 6 heterocycles. The molecule has 0 radical (unpaired) electrons. The number of hydrogen-bond acceptors (Lipinski definition) is 8. The van der Waals surface area contributed by atoms with E-state index in [2.05, 4.69) is 28.9 Å². The topological polar surface area (TPSA) is 80.3 Å². The van der Waals surface area contributed by atoms with Crippen molar-refractivity contribution in [2.24, 2.45) is 0 Å². The van der Waals surface area contributed by atoms with Gasteiger partial charge in [0.1, 0.15) is 15.3 Å². The molecule has 0 saturated carbocycles. The summed E-state index contributed by atoms with van der Waals surface area (Å²) < 4.78 is 14.9. The normalized spacial score (nSPS) is 19.1. The van der Waals surface area contributed by atoms with Crippen molar-refractivity contribution in [2.45, 2.75) is 37.6 Å². The van der Waals surface area contributed by atoms with Crippen LogP contribution in [-0.4, -0.2) is 58.3 Å². The van der Waals surface area contributed by atoms with E-state index >= 15 is 0 Å². The molecule has 6 rings (SSSR count). The minimum absolute atomic E-state index is 0.212. The number of morpholine rings is 1. The first-order chi connectivity index (χ1) is 14.6. The summed E-state index contributed by atoms with van der Waals surface area (Å²) in [5, 5.41) is 9.71. The molecule has 0 spiro atoms. The standard InChI is InChI=1S/C20H22N6O2S2/c1-20(2)8-11-12(9-28-20)16(25-4-6-27-7-5-25)22-18-13(11)14-15(30-18)17-23-24-19(29-3)26(17)10-21-14/h10H,4-9H2,1-3H3/p+1. The van der Waals surface area contributed by atoms with Gasteiger partial charge in [0, 0.05) is 30.2 Å². The van der Waals surface area contributed by atoms with E-state index in [0.717, 1.165) is 64.4 Å². The van der Waals surface area contributed by atoms with Crippen molar-refractivity contribution in [3.8, 4) is 0 Å². The Labute approximate surface area is 181 Å². The van der Waals surface area contributed by atoms with Gasteiger partial charge >= 0.3 is 5.16 Å². The van der Waals surface area contributed by atoms with Gasteiger partial charge in [0.05, 0.1) is 30.8 Å². The van der Waals surface area contributed by atoms with E-state index in [1.165, 1.54) is 16.5 Å². The fourth-order valence-corrected chi connectivity index (χ4v) is 6.06. The first kappa shape index (κ1) is 18.7. The maximum absolute atomic E-state index is 6.21. The first-order valence-electron chi connectivity index (χ1n) is 10.1. The van der Waals surface area contributed by atoms with Gasteiger partial charge in [-0.3, -0.25) is 0 Å². The van der Waals surface area contributed by atoms with Gasteiger partial charge in [-0.15, -0.1) is 16.3 Å². The number of aromatic amines is 1. The van der Waals surface area contributed by atoms with Crippen molar-refractivity contribution < 1.29 is 13.9 Å². The molecule has 4 aromatic heterocycles. The number of nitrogens with zero attached hydrogens (tertiary/aromatic N) is 5. The van der Waals surface area contributed by atoms with Crippen LogP contribution in [0.1, 0.15) is 25.0 Å². The Morgan fingerprint density at radius 1 is 1.27 bits per heavy atom. The number of aromatic nitrogens is 5. The molecule has 0 amide bonds. The number of pyridine rings is 1. The second kappa shape index (κ2) is 6.74. The molecule has 10 heteroatoms. The smallest absolute Gasteiger partial charge is 0.306 e. The van der Waals surface area contributed by atoms with E-state index in [-0.39, 0.29) is 5.60 Å². The summed E-state index contributed by atoms with van der Waals surface area (Å²) >= 11 is 3.29. The average molecular weight is 444 g/mol. The summed E-state index contributed by atoms with van der Waals surface area (Å²) in [4.78, 5) is 13.4. The lowest BCUT2D eigenvalue weighted by Gasteiger charge is -2.36. The molecule has 2 aliphatic rings. The second-order valence-corrected chi connectivity index (χ2v) is 10.1. The number of hydrogen-bond donors (Lipinski definition) is 1. The summed E-state index contributed by atoms with van der Waals surface area (Å²) in [5.41, 5.74) is 4.29. The number of rotatable bonds is 2. The van der Waals surface area contributed by atoms with E-state index in [0.29, 0.717) is 6.61 Å². The third-order valence-corrected chi connectivity index (χ3v) is 7.67. The van der Waals surface area contributed by atoms with Crippen LogP contribution in [0.4, 0.5) is 5.82 Å². The maximum Gasteiger partial charge on any atom is 0.306 e. The van der Waals surface area contributed by atoms with Gasteiger partial charge in [-0.05, 0) is 25.7 Å². The number of nitrogens with one attached hydrogen (secondary N) is 1. The molecule has 0 bridgehead atoms. The summed E-state index contributed by atoms with van der Waals surface area (Å²) in [7, 11) is 0. The van der Waals surface area contributed by atoms with Crippen LogP contribution in [0.5, 0.6) is 0 Å². The highest BCUT2D eigenvalue weighted by Crippen LogP contribution is 2.43. The Kier molecular flexibility index (Phi) is 4.21. The molecular formula is C20H23N6O2S2+. The lowest BCUT2D eigenvalue weighted by molar-refractivity contribution is -0.558. The molecule has 1 saturated heterocycles. The Balaban J connectivity index is 1.67. The van der Waals surface area contributed by atoms with Crippen LogP contribution < -0.4 is 9.30 Å². The first-order valence-corrected chi connectivity index (χ1v) is 12.1. The predicted octanol–water partition coefficient (Wildman–Crippen LogP) is 2.72. The molecule has 30 heavy (non-hydrogen) atoms. The molecule has 4 aromatic rings. The average Bonchev–Trinajstić information content (AvgIpc) is 3.33. The van der Waals surface area contributed by atoms with Crippen molar-refractivity contribution in [1.82, 2.24) is 20.2 Å². The lowest BCUT2D eigenvalue weighted by Crippen LogP contribution is -2.39. The molecule has 1 N–H and O–H groups in total. The van der Waals surface area contributed by atoms with Gasteiger partial charge in [-0.25, -0.2) is 4.98 Å². The van der Waals surface area contributed by atoms with Crippen molar-refractivity contribution in [3.05, 3.63) is 17.5 Å². The summed E-state index contributed by atoms with van der Waals surface area (Å²) in [6.45, 7) is 8.07. The van der Waals surface area contributed by atoms with Crippen molar-refractivity contribution in [2.75, 3.05) is 37.5 Å². The highest BCUT2D eigenvalue weighted by atomic mass is 32.2. The fourth-order valence-electron chi connectivity index (χ4n) is 4.45. The van der Waals surface area contributed by atoms with Gasteiger partial charge in [0.25, 0.3) is 5.65 Å².